The highest BCUT2D eigenvalue weighted by atomic mass is 16.5. The molecule has 2 aliphatic rings. The summed E-state index contributed by atoms with van der Waals surface area (Å²) in [6, 6.07) is 57.2. The van der Waals surface area contributed by atoms with Crippen LogP contribution in [0.1, 0.15) is 0 Å². The van der Waals surface area contributed by atoms with Crippen molar-refractivity contribution in [2.24, 2.45) is 0 Å². The van der Waals surface area contributed by atoms with Gasteiger partial charge in [-0.25, -0.2) is 0 Å². The lowest BCUT2D eigenvalue weighted by Crippen LogP contribution is -2.12. The Morgan fingerprint density at radius 3 is 1.49 bits per heavy atom. The van der Waals surface area contributed by atoms with Crippen LogP contribution in [0.5, 0.6) is 23.0 Å². The second-order valence-corrected chi connectivity index (χ2v) is 14.7. The molecule has 0 bridgehead atoms. The van der Waals surface area contributed by atoms with E-state index in [1.54, 1.807) is 0 Å². The van der Waals surface area contributed by atoms with Crippen LogP contribution < -0.4 is 15.0 Å². The highest BCUT2D eigenvalue weighted by Gasteiger charge is 2.25. The van der Waals surface area contributed by atoms with Gasteiger partial charge in [-0.2, -0.15) is 0 Å². The molecule has 2 aliphatic heterocycles. The topological polar surface area (TPSA) is 39.9 Å². The molecule has 9 aromatic carbocycles. The summed E-state index contributed by atoms with van der Waals surface area (Å²) in [7, 11) is 0. The van der Waals surface area contributed by atoms with Crippen molar-refractivity contribution in [1.29, 1.82) is 0 Å². The molecule has 0 aliphatic carbocycles. The minimum Gasteiger partial charge on any atom is -0.456 e. The second-order valence-electron chi connectivity index (χ2n) is 14.7. The average molecular weight is 702 g/mol. The van der Waals surface area contributed by atoms with Crippen molar-refractivity contribution in [2.75, 3.05) is 0 Å². The van der Waals surface area contributed by atoms with Gasteiger partial charge in [0.05, 0.1) is 11.0 Å². The Labute approximate surface area is 314 Å². The van der Waals surface area contributed by atoms with Gasteiger partial charge in [0.25, 0.3) is 5.56 Å². The molecule has 0 amide bonds. The van der Waals surface area contributed by atoms with Gasteiger partial charge >= 0.3 is 0 Å². The summed E-state index contributed by atoms with van der Waals surface area (Å²) in [5.41, 5.74) is 10.8. The van der Waals surface area contributed by atoms with E-state index < -0.39 is 0 Å². The molecule has 0 N–H and O–H groups in total. The van der Waals surface area contributed by atoms with Crippen molar-refractivity contribution in [3.8, 4) is 67.5 Å². The third kappa shape index (κ3) is 3.77. The predicted octanol–water partition coefficient (Wildman–Crippen LogP) is 13.4. The molecule has 0 spiro atoms. The van der Waals surface area contributed by atoms with E-state index in [0.29, 0.717) is 5.39 Å². The molecule has 2 aromatic heterocycles. The second kappa shape index (κ2) is 10.4. The zero-order chi connectivity index (χ0) is 35.9. The Morgan fingerprint density at radius 2 is 0.836 bits per heavy atom. The fourth-order valence-corrected chi connectivity index (χ4v) is 9.57. The number of ether oxygens (including phenoxy) is 2. The Hall–Kier alpha value is -7.43. The normalized spacial score (nSPS) is 12.7. The van der Waals surface area contributed by atoms with Crippen molar-refractivity contribution in [1.82, 2.24) is 4.40 Å². The Balaban J connectivity index is 1.11. The number of hydrogen-bond acceptors (Lipinski definition) is 3. The lowest BCUT2D eigenvalue weighted by atomic mass is 9.88. The zero-order valence-electron chi connectivity index (χ0n) is 29.3. The quantitative estimate of drug-likeness (QED) is 0.168. The van der Waals surface area contributed by atoms with E-state index in [4.69, 9.17) is 9.47 Å². The Morgan fingerprint density at radius 1 is 0.345 bits per heavy atom. The molecule has 254 valence electrons. The zero-order valence-corrected chi connectivity index (χ0v) is 29.3. The number of hydrogen-bond donors (Lipinski definition) is 0. The monoisotopic (exact) mass is 701 g/mol. The fraction of sp³-hybridized carbons (Fsp3) is 0. The molecule has 13 rings (SSSR count). The first kappa shape index (κ1) is 29.1. The van der Waals surface area contributed by atoms with E-state index in [0.717, 1.165) is 111 Å². The number of nitrogens with zero attached hydrogens (tertiary/aromatic N) is 1. The molecule has 4 nitrogen and oxygen atoms in total. The van der Waals surface area contributed by atoms with Gasteiger partial charge in [0, 0.05) is 43.4 Å². The third-order valence-electron chi connectivity index (χ3n) is 11.9. The largest absolute Gasteiger partial charge is 0.456 e. The number of aromatic nitrogens is 1. The molecule has 0 saturated heterocycles. The number of para-hydroxylation sites is 2. The van der Waals surface area contributed by atoms with Crippen molar-refractivity contribution in [3.63, 3.8) is 0 Å². The average Bonchev–Trinajstić information content (AvgIpc) is 3.57. The van der Waals surface area contributed by atoms with E-state index in [1.807, 2.05) is 46.9 Å². The summed E-state index contributed by atoms with van der Waals surface area (Å²) >= 11 is 0. The van der Waals surface area contributed by atoms with Crippen LogP contribution in [-0.2, 0) is 0 Å². The van der Waals surface area contributed by atoms with Crippen LogP contribution in [0.15, 0.2) is 169 Å². The summed E-state index contributed by atoms with van der Waals surface area (Å²) in [5.74, 6) is 3.48. The number of rotatable bonds is 2. The highest BCUT2D eigenvalue weighted by molar-refractivity contribution is 6.23. The maximum atomic E-state index is 14.4. The summed E-state index contributed by atoms with van der Waals surface area (Å²) < 4.78 is 14.8. The minimum atomic E-state index is -0.00148. The van der Waals surface area contributed by atoms with E-state index in [2.05, 4.69) is 121 Å². The molecule has 0 atom stereocenters. The fourth-order valence-electron chi connectivity index (χ4n) is 9.57. The lowest BCUT2D eigenvalue weighted by molar-refractivity contribution is 0.487. The van der Waals surface area contributed by atoms with Crippen molar-refractivity contribution >= 4 is 59.5 Å². The van der Waals surface area contributed by atoms with Crippen molar-refractivity contribution in [3.05, 3.63) is 174 Å². The predicted molar refractivity (Wildman–Crippen MR) is 224 cm³/mol. The van der Waals surface area contributed by atoms with Crippen LogP contribution in [-0.4, -0.2) is 4.40 Å². The van der Waals surface area contributed by atoms with Gasteiger partial charge in [0.15, 0.2) is 0 Å². The van der Waals surface area contributed by atoms with Crippen LogP contribution in [0.4, 0.5) is 0 Å². The van der Waals surface area contributed by atoms with Gasteiger partial charge in [-0.1, -0.05) is 109 Å². The highest BCUT2D eigenvalue weighted by Crippen LogP contribution is 2.51. The van der Waals surface area contributed by atoms with Crippen molar-refractivity contribution in [2.45, 2.75) is 0 Å². The van der Waals surface area contributed by atoms with E-state index >= 15 is 0 Å². The van der Waals surface area contributed by atoms with Crippen LogP contribution in [0.2, 0.25) is 0 Å². The lowest BCUT2D eigenvalue weighted by Gasteiger charge is -2.22. The Bertz CT molecular complexity index is 3580. The SMILES string of the molecule is O=c1c2ccccc2c2cc(-c3ccc4c5c(cccc35)Oc3ccccc3-4)cc3c4cc(-c5ccc6c7c(cccc57)Oc5ccccc5-6)ccc4n1c23. The van der Waals surface area contributed by atoms with Crippen LogP contribution in [0.3, 0.4) is 0 Å². The van der Waals surface area contributed by atoms with Gasteiger partial charge in [0.2, 0.25) is 0 Å². The third-order valence-corrected chi connectivity index (χ3v) is 11.9. The minimum absolute atomic E-state index is 0.00148. The van der Waals surface area contributed by atoms with E-state index in [9.17, 15) is 4.79 Å². The summed E-state index contributed by atoms with van der Waals surface area (Å²) in [6.45, 7) is 0. The Kier molecular flexibility index (Phi) is 5.48. The molecular formula is C51H27NO3. The van der Waals surface area contributed by atoms with Crippen LogP contribution >= 0.6 is 0 Å². The molecular weight excluding hydrogens is 675 g/mol. The van der Waals surface area contributed by atoms with Crippen molar-refractivity contribution < 1.29 is 9.47 Å². The van der Waals surface area contributed by atoms with Crippen LogP contribution in [0.25, 0.3) is 104 Å². The first-order chi connectivity index (χ1) is 27.2. The van der Waals surface area contributed by atoms with E-state index in [-0.39, 0.29) is 5.56 Å². The molecule has 0 radical (unpaired) electrons. The molecule has 0 unspecified atom stereocenters. The summed E-state index contributed by atoms with van der Waals surface area (Å²) in [4.78, 5) is 14.4. The maximum Gasteiger partial charge on any atom is 0.263 e. The summed E-state index contributed by atoms with van der Waals surface area (Å²) in [6.07, 6.45) is 0. The standard InChI is InChI=1S/C51H27NO3/c53-51-39-12-2-1-9-32(39)41-26-29(31-21-23-38-34-11-4-6-16-45(34)55-47-18-8-14-36(31)49(38)47)27-42-40-25-28(19-24-43(40)52(51)50(41)42)30-20-22-37-33-10-3-5-15-44(33)54-46-17-7-13-35(30)48(37)46/h1-27H. The number of pyridine rings is 1. The maximum absolute atomic E-state index is 14.4. The molecule has 0 saturated carbocycles. The molecule has 55 heavy (non-hydrogen) atoms. The molecule has 4 heteroatoms. The number of fused-ring (bicyclic) bond motifs is 9. The molecule has 0 fully saturated rings. The van der Waals surface area contributed by atoms with Gasteiger partial charge < -0.3 is 9.47 Å². The van der Waals surface area contributed by atoms with Crippen LogP contribution in [0, 0.1) is 0 Å². The van der Waals surface area contributed by atoms with Gasteiger partial charge in [-0.05, 0) is 104 Å². The smallest absolute Gasteiger partial charge is 0.263 e. The van der Waals surface area contributed by atoms with Gasteiger partial charge in [0.1, 0.15) is 23.0 Å². The molecule has 11 aromatic rings. The molecule has 4 heterocycles. The first-order valence-corrected chi connectivity index (χ1v) is 18.6. The van der Waals surface area contributed by atoms with E-state index in [1.165, 1.54) is 11.1 Å². The van der Waals surface area contributed by atoms with Gasteiger partial charge in [-0.3, -0.25) is 9.20 Å². The van der Waals surface area contributed by atoms with Gasteiger partial charge in [-0.15, -0.1) is 0 Å². The number of benzene rings is 9. The summed E-state index contributed by atoms with van der Waals surface area (Å²) in [5, 5.41) is 9.31. The first-order valence-electron chi connectivity index (χ1n) is 18.6.